The molecular formula is C19H27N3O2. The number of carbonyl (C=O) groups excluding carboxylic acids is 1. The lowest BCUT2D eigenvalue weighted by atomic mass is 9.97. The SMILES string of the molecule is CC(C)(C)OC(=O)NC[C@H]1CCCN(Cc2ccc(C#N)cc2)C1. The lowest BCUT2D eigenvalue weighted by molar-refractivity contribution is 0.0506. The van der Waals surface area contributed by atoms with Crippen molar-refractivity contribution in [3.05, 3.63) is 35.4 Å². The van der Waals surface area contributed by atoms with Crippen LogP contribution in [0.5, 0.6) is 0 Å². The van der Waals surface area contributed by atoms with Crippen LogP contribution in [0, 0.1) is 17.2 Å². The fraction of sp³-hybridized carbons (Fsp3) is 0.579. The molecule has 2 rings (SSSR count). The maximum absolute atomic E-state index is 11.8. The normalized spacial score (nSPS) is 18.7. The topological polar surface area (TPSA) is 65.4 Å². The van der Waals surface area contributed by atoms with Crippen molar-refractivity contribution < 1.29 is 9.53 Å². The van der Waals surface area contributed by atoms with Crippen LogP contribution in [0.3, 0.4) is 0 Å². The summed E-state index contributed by atoms with van der Waals surface area (Å²) in [5.41, 5.74) is 1.45. The average molecular weight is 329 g/mol. The number of benzene rings is 1. The van der Waals surface area contributed by atoms with Crippen molar-refractivity contribution in [1.29, 1.82) is 5.26 Å². The third kappa shape index (κ3) is 6.21. The van der Waals surface area contributed by atoms with Crippen molar-refractivity contribution in [2.75, 3.05) is 19.6 Å². The zero-order valence-corrected chi connectivity index (χ0v) is 14.8. The molecule has 1 amide bonds. The number of rotatable bonds is 4. The average Bonchev–Trinajstić information content (AvgIpc) is 2.52. The van der Waals surface area contributed by atoms with E-state index in [-0.39, 0.29) is 6.09 Å². The number of hydrogen-bond acceptors (Lipinski definition) is 4. The van der Waals surface area contributed by atoms with Crippen LogP contribution in [0.2, 0.25) is 0 Å². The lowest BCUT2D eigenvalue weighted by Gasteiger charge is -2.33. The monoisotopic (exact) mass is 329 g/mol. The van der Waals surface area contributed by atoms with Crippen LogP contribution in [-0.2, 0) is 11.3 Å². The number of nitriles is 1. The van der Waals surface area contributed by atoms with Gasteiger partial charge in [-0.25, -0.2) is 4.79 Å². The standard InChI is InChI=1S/C19H27N3O2/c1-19(2,3)24-18(23)21-12-17-5-4-10-22(14-17)13-16-8-6-15(11-20)7-9-16/h6-9,17H,4-5,10,12-14H2,1-3H3,(H,21,23)/t17-/m1/s1. The highest BCUT2D eigenvalue weighted by molar-refractivity contribution is 5.67. The fourth-order valence-electron chi connectivity index (χ4n) is 2.95. The minimum absolute atomic E-state index is 0.341. The number of piperidine rings is 1. The number of ether oxygens (including phenoxy) is 1. The van der Waals surface area contributed by atoms with E-state index in [1.165, 1.54) is 5.56 Å². The van der Waals surface area contributed by atoms with Crippen molar-refractivity contribution in [2.24, 2.45) is 5.92 Å². The third-order valence-corrected chi connectivity index (χ3v) is 4.03. The summed E-state index contributed by atoms with van der Waals surface area (Å²) in [6.45, 7) is 9.18. The number of hydrogen-bond donors (Lipinski definition) is 1. The summed E-state index contributed by atoms with van der Waals surface area (Å²) in [5.74, 6) is 0.449. The van der Waals surface area contributed by atoms with Crippen molar-refractivity contribution in [3.63, 3.8) is 0 Å². The molecule has 24 heavy (non-hydrogen) atoms. The summed E-state index contributed by atoms with van der Waals surface area (Å²) < 4.78 is 5.28. The van der Waals surface area contributed by atoms with Crippen LogP contribution < -0.4 is 5.32 Å². The molecule has 0 spiro atoms. The van der Waals surface area contributed by atoms with E-state index in [1.807, 2.05) is 45.0 Å². The molecule has 1 fully saturated rings. The fourth-order valence-corrected chi connectivity index (χ4v) is 2.95. The van der Waals surface area contributed by atoms with Crippen LogP contribution in [0.15, 0.2) is 24.3 Å². The van der Waals surface area contributed by atoms with E-state index in [0.29, 0.717) is 18.0 Å². The molecule has 1 N–H and O–H groups in total. The first-order valence-electron chi connectivity index (χ1n) is 8.54. The maximum atomic E-state index is 11.8. The summed E-state index contributed by atoms with van der Waals surface area (Å²) in [5, 5.41) is 11.7. The second-order valence-corrected chi connectivity index (χ2v) is 7.43. The molecule has 1 aromatic rings. The molecule has 0 aromatic heterocycles. The molecule has 1 aliphatic rings. The van der Waals surface area contributed by atoms with Gasteiger partial charge in [0.15, 0.2) is 0 Å². The van der Waals surface area contributed by atoms with Crippen LogP contribution in [-0.4, -0.2) is 36.2 Å². The molecule has 0 aliphatic carbocycles. The molecule has 0 radical (unpaired) electrons. The Balaban J connectivity index is 1.79. The second kappa shape index (κ2) is 8.16. The van der Waals surface area contributed by atoms with Gasteiger partial charge in [0.1, 0.15) is 5.60 Å². The molecule has 1 aliphatic heterocycles. The predicted molar refractivity (Wildman–Crippen MR) is 93.4 cm³/mol. The molecule has 0 saturated carbocycles. The Kier molecular flexibility index (Phi) is 6.22. The Morgan fingerprint density at radius 1 is 1.38 bits per heavy atom. The van der Waals surface area contributed by atoms with E-state index < -0.39 is 5.60 Å². The summed E-state index contributed by atoms with van der Waals surface area (Å²) in [6, 6.07) is 9.90. The molecule has 1 heterocycles. The van der Waals surface area contributed by atoms with E-state index >= 15 is 0 Å². The van der Waals surface area contributed by atoms with Gasteiger partial charge in [-0.3, -0.25) is 4.90 Å². The Labute approximate surface area is 144 Å². The zero-order valence-electron chi connectivity index (χ0n) is 14.8. The van der Waals surface area contributed by atoms with Gasteiger partial charge >= 0.3 is 6.09 Å². The van der Waals surface area contributed by atoms with Gasteiger partial charge in [0.2, 0.25) is 0 Å². The van der Waals surface area contributed by atoms with Crippen molar-refractivity contribution >= 4 is 6.09 Å². The largest absolute Gasteiger partial charge is 0.444 e. The first-order chi connectivity index (χ1) is 11.4. The molecule has 1 aromatic carbocycles. The first kappa shape index (κ1) is 18.3. The Morgan fingerprint density at radius 3 is 2.71 bits per heavy atom. The number of amides is 1. The highest BCUT2D eigenvalue weighted by atomic mass is 16.6. The summed E-state index contributed by atoms with van der Waals surface area (Å²) >= 11 is 0. The zero-order chi connectivity index (χ0) is 17.6. The molecule has 0 unspecified atom stereocenters. The second-order valence-electron chi connectivity index (χ2n) is 7.43. The summed E-state index contributed by atoms with van der Waals surface area (Å²) in [4.78, 5) is 14.2. The minimum Gasteiger partial charge on any atom is -0.444 e. The summed E-state index contributed by atoms with van der Waals surface area (Å²) in [7, 11) is 0. The van der Waals surface area contributed by atoms with Gasteiger partial charge in [0.25, 0.3) is 0 Å². The van der Waals surface area contributed by atoms with E-state index in [1.54, 1.807) is 0 Å². The van der Waals surface area contributed by atoms with Gasteiger partial charge in [-0.1, -0.05) is 12.1 Å². The number of nitrogens with one attached hydrogen (secondary N) is 1. The van der Waals surface area contributed by atoms with Crippen molar-refractivity contribution in [2.45, 2.75) is 45.8 Å². The lowest BCUT2D eigenvalue weighted by Crippen LogP contribution is -2.41. The minimum atomic E-state index is -0.460. The van der Waals surface area contributed by atoms with E-state index in [4.69, 9.17) is 10.00 Å². The molecule has 130 valence electrons. The van der Waals surface area contributed by atoms with E-state index in [2.05, 4.69) is 16.3 Å². The van der Waals surface area contributed by atoms with Gasteiger partial charge in [-0.15, -0.1) is 0 Å². The molecule has 5 heteroatoms. The Morgan fingerprint density at radius 2 is 2.08 bits per heavy atom. The van der Waals surface area contributed by atoms with Crippen LogP contribution in [0.25, 0.3) is 0 Å². The molecule has 0 bridgehead atoms. The van der Waals surface area contributed by atoms with Crippen LogP contribution >= 0.6 is 0 Å². The van der Waals surface area contributed by atoms with Gasteiger partial charge < -0.3 is 10.1 Å². The Bertz CT molecular complexity index is 584. The van der Waals surface area contributed by atoms with Gasteiger partial charge in [0.05, 0.1) is 11.6 Å². The van der Waals surface area contributed by atoms with Crippen molar-refractivity contribution in [3.8, 4) is 6.07 Å². The number of nitrogens with zero attached hydrogens (tertiary/aromatic N) is 2. The predicted octanol–water partition coefficient (Wildman–Crippen LogP) is 3.29. The highest BCUT2D eigenvalue weighted by Gasteiger charge is 2.22. The van der Waals surface area contributed by atoms with Gasteiger partial charge in [0, 0.05) is 19.6 Å². The van der Waals surface area contributed by atoms with Gasteiger partial charge in [-0.2, -0.15) is 5.26 Å². The number of likely N-dealkylation sites (tertiary alicyclic amines) is 1. The highest BCUT2D eigenvalue weighted by Crippen LogP contribution is 2.18. The molecule has 1 saturated heterocycles. The van der Waals surface area contributed by atoms with Crippen LogP contribution in [0.4, 0.5) is 4.79 Å². The van der Waals surface area contributed by atoms with E-state index in [0.717, 1.165) is 32.5 Å². The van der Waals surface area contributed by atoms with Crippen LogP contribution in [0.1, 0.15) is 44.7 Å². The molecule has 1 atom stereocenters. The first-order valence-corrected chi connectivity index (χ1v) is 8.54. The number of alkyl carbamates (subject to hydrolysis) is 1. The quantitative estimate of drug-likeness (QED) is 0.920. The molecular weight excluding hydrogens is 302 g/mol. The number of carbonyl (C=O) groups is 1. The molecule has 5 nitrogen and oxygen atoms in total. The summed E-state index contributed by atoms with van der Waals surface area (Å²) in [6.07, 6.45) is 1.92. The smallest absolute Gasteiger partial charge is 0.407 e. The Hall–Kier alpha value is -2.06. The third-order valence-electron chi connectivity index (χ3n) is 4.03. The van der Waals surface area contributed by atoms with Gasteiger partial charge in [-0.05, 0) is 63.8 Å². The maximum Gasteiger partial charge on any atom is 0.407 e. The van der Waals surface area contributed by atoms with Crippen molar-refractivity contribution in [1.82, 2.24) is 10.2 Å². The van der Waals surface area contributed by atoms with E-state index in [9.17, 15) is 4.79 Å².